The van der Waals surface area contributed by atoms with Crippen molar-refractivity contribution in [1.82, 2.24) is 15.5 Å². The number of morpholine rings is 1. The van der Waals surface area contributed by atoms with Crippen molar-refractivity contribution in [3.8, 4) is 5.75 Å². The van der Waals surface area contributed by atoms with E-state index in [0.717, 1.165) is 63.6 Å². The third kappa shape index (κ3) is 6.65. The van der Waals surface area contributed by atoms with Crippen molar-refractivity contribution in [2.24, 2.45) is 10.9 Å². The molecule has 1 unspecified atom stereocenters. The number of ether oxygens (including phenoxy) is 3. The Hall–Kier alpha value is -1.83. The lowest BCUT2D eigenvalue weighted by Crippen LogP contribution is -2.46. The highest BCUT2D eigenvalue weighted by Crippen LogP contribution is 2.28. The molecule has 2 N–H and O–H groups in total. The molecule has 1 aromatic rings. The molecule has 7 heteroatoms. The summed E-state index contributed by atoms with van der Waals surface area (Å²) in [5.41, 5.74) is 1.26. The first kappa shape index (κ1) is 20.9. The molecule has 7 nitrogen and oxygen atoms in total. The number of aliphatic imine (C=N–C) groups is 1. The molecule has 0 amide bonds. The lowest BCUT2D eigenvalue weighted by Gasteiger charge is -2.35. The smallest absolute Gasteiger partial charge is 0.191 e. The highest BCUT2D eigenvalue weighted by Gasteiger charge is 2.23. The van der Waals surface area contributed by atoms with Crippen LogP contribution in [0.3, 0.4) is 0 Å². The van der Waals surface area contributed by atoms with Gasteiger partial charge in [0.25, 0.3) is 0 Å². The van der Waals surface area contributed by atoms with Crippen LogP contribution in [0.1, 0.15) is 24.4 Å². The minimum atomic E-state index is 0.250. The van der Waals surface area contributed by atoms with E-state index in [1.54, 1.807) is 14.2 Å². The van der Waals surface area contributed by atoms with Gasteiger partial charge in [0.15, 0.2) is 5.96 Å². The van der Waals surface area contributed by atoms with Crippen molar-refractivity contribution in [1.29, 1.82) is 0 Å². The van der Waals surface area contributed by atoms with Crippen LogP contribution in [0.2, 0.25) is 0 Å². The van der Waals surface area contributed by atoms with Gasteiger partial charge in [-0.05, 0) is 36.5 Å². The average molecular weight is 391 g/mol. The van der Waals surface area contributed by atoms with Gasteiger partial charge < -0.3 is 24.8 Å². The molecule has 2 aliphatic rings. The van der Waals surface area contributed by atoms with Crippen molar-refractivity contribution in [3.63, 3.8) is 0 Å². The molecule has 0 spiro atoms. The molecule has 2 fully saturated rings. The quantitative estimate of drug-likeness (QED) is 0.360. The van der Waals surface area contributed by atoms with Crippen molar-refractivity contribution in [2.75, 3.05) is 66.8 Å². The molecule has 1 heterocycles. The third-order valence-corrected chi connectivity index (χ3v) is 5.26. The lowest BCUT2D eigenvalue weighted by atomic mass is 10.0. The van der Waals surface area contributed by atoms with E-state index in [4.69, 9.17) is 14.2 Å². The van der Waals surface area contributed by atoms with Crippen LogP contribution >= 0.6 is 0 Å². The van der Waals surface area contributed by atoms with Gasteiger partial charge in [0.2, 0.25) is 0 Å². The first-order valence-electron chi connectivity index (χ1n) is 10.3. The predicted octanol–water partition coefficient (Wildman–Crippen LogP) is 1.66. The number of methoxy groups -OCH3 is 1. The van der Waals surface area contributed by atoms with E-state index in [-0.39, 0.29) is 6.04 Å². The van der Waals surface area contributed by atoms with Crippen LogP contribution in [0.4, 0.5) is 0 Å². The first-order chi connectivity index (χ1) is 13.8. The Morgan fingerprint density at radius 2 is 1.96 bits per heavy atom. The van der Waals surface area contributed by atoms with Gasteiger partial charge in [-0.2, -0.15) is 0 Å². The second-order valence-electron chi connectivity index (χ2n) is 7.34. The van der Waals surface area contributed by atoms with E-state index in [2.05, 4.69) is 32.7 Å². The van der Waals surface area contributed by atoms with Crippen LogP contribution in [0.5, 0.6) is 5.75 Å². The summed E-state index contributed by atoms with van der Waals surface area (Å²) in [5.74, 6) is 2.49. The van der Waals surface area contributed by atoms with Crippen molar-refractivity contribution < 1.29 is 14.2 Å². The maximum atomic E-state index is 5.69. The second-order valence-corrected chi connectivity index (χ2v) is 7.34. The van der Waals surface area contributed by atoms with Crippen LogP contribution in [0.15, 0.2) is 29.3 Å². The molecule has 1 atom stereocenters. The molecule has 1 aliphatic carbocycles. The molecule has 0 radical (unpaired) electrons. The summed E-state index contributed by atoms with van der Waals surface area (Å²) in [6.07, 6.45) is 2.65. The summed E-state index contributed by atoms with van der Waals surface area (Å²) in [6.45, 7) is 6.55. The molecular weight excluding hydrogens is 356 g/mol. The van der Waals surface area contributed by atoms with Crippen molar-refractivity contribution in [3.05, 3.63) is 29.8 Å². The van der Waals surface area contributed by atoms with Gasteiger partial charge in [0.05, 0.1) is 33.0 Å². The zero-order valence-electron chi connectivity index (χ0n) is 17.2. The Bertz CT molecular complexity index is 598. The standard InChI is InChI=1S/C21H34N4O3/c1-22-21(23-9-12-28-16-17-3-4-17)24-15-20(25-10-13-27-14-11-25)18-5-7-19(26-2)8-6-18/h5-8,17,20H,3-4,9-16H2,1-2H3,(H2,22,23,24). The Labute approximate surface area is 168 Å². The predicted molar refractivity (Wildman–Crippen MR) is 111 cm³/mol. The lowest BCUT2D eigenvalue weighted by molar-refractivity contribution is 0.0170. The summed E-state index contributed by atoms with van der Waals surface area (Å²) < 4.78 is 16.5. The largest absolute Gasteiger partial charge is 0.497 e. The fourth-order valence-corrected chi connectivity index (χ4v) is 3.36. The molecule has 28 heavy (non-hydrogen) atoms. The molecule has 0 bridgehead atoms. The maximum absolute atomic E-state index is 5.69. The molecule has 3 rings (SSSR count). The summed E-state index contributed by atoms with van der Waals surface area (Å²) in [6, 6.07) is 8.57. The summed E-state index contributed by atoms with van der Waals surface area (Å²) in [7, 11) is 3.50. The Morgan fingerprint density at radius 1 is 1.21 bits per heavy atom. The van der Waals surface area contributed by atoms with Crippen LogP contribution < -0.4 is 15.4 Å². The topological polar surface area (TPSA) is 67.4 Å². The van der Waals surface area contributed by atoms with E-state index in [1.807, 2.05) is 12.1 Å². The van der Waals surface area contributed by atoms with Crippen LogP contribution in [0.25, 0.3) is 0 Å². The highest BCUT2D eigenvalue weighted by molar-refractivity contribution is 5.79. The molecular formula is C21H34N4O3. The van der Waals surface area contributed by atoms with Crippen LogP contribution in [-0.4, -0.2) is 77.6 Å². The Morgan fingerprint density at radius 3 is 2.61 bits per heavy atom. The fraction of sp³-hybridized carbons (Fsp3) is 0.667. The van der Waals surface area contributed by atoms with Crippen molar-refractivity contribution >= 4 is 5.96 Å². The Balaban J connectivity index is 1.51. The number of nitrogens with zero attached hydrogens (tertiary/aromatic N) is 2. The van der Waals surface area contributed by atoms with Crippen LogP contribution in [0, 0.1) is 5.92 Å². The normalized spacial score (nSPS) is 19.3. The number of nitrogens with one attached hydrogen (secondary N) is 2. The van der Waals surface area contributed by atoms with Gasteiger partial charge in [0, 0.05) is 39.8 Å². The minimum Gasteiger partial charge on any atom is -0.497 e. The van der Waals surface area contributed by atoms with E-state index < -0.39 is 0 Å². The van der Waals surface area contributed by atoms with E-state index in [0.29, 0.717) is 6.61 Å². The summed E-state index contributed by atoms with van der Waals surface area (Å²) in [4.78, 5) is 6.81. The van der Waals surface area contributed by atoms with E-state index in [1.165, 1.54) is 18.4 Å². The van der Waals surface area contributed by atoms with Crippen LogP contribution in [-0.2, 0) is 9.47 Å². The molecule has 1 aliphatic heterocycles. The maximum Gasteiger partial charge on any atom is 0.191 e. The summed E-state index contributed by atoms with van der Waals surface area (Å²) >= 11 is 0. The fourth-order valence-electron chi connectivity index (χ4n) is 3.36. The van der Waals surface area contributed by atoms with Crippen molar-refractivity contribution in [2.45, 2.75) is 18.9 Å². The van der Waals surface area contributed by atoms with Gasteiger partial charge in [0.1, 0.15) is 5.75 Å². The first-order valence-corrected chi connectivity index (χ1v) is 10.3. The average Bonchev–Trinajstić information content (AvgIpc) is 3.58. The summed E-state index contributed by atoms with van der Waals surface area (Å²) in [5, 5.41) is 6.82. The van der Waals surface area contributed by atoms with Gasteiger partial charge in [-0.25, -0.2) is 0 Å². The SMILES string of the molecule is CN=C(NCCOCC1CC1)NCC(c1ccc(OC)cc1)N1CCOCC1. The minimum absolute atomic E-state index is 0.250. The molecule has 1 aromatic carbocycles. The molecule has 0 aromatic heterocycles. The van der Waals surface area contributed by atoms with Gasteiger partial charge >= 0.3 is 0 Å². The number of hydrogen-bond donors (Lipinski definition) is 2. The highest BCUT2D eigenvalue weighted by atomic mass is 16.5. The number of guanidine groups is 1. The zero-order chi connectivity index (χ0) is 19.6. The number of hydrogen-bond acceptors (Lipinski definition) is 5. The Kier molecular flexibility index (Phi) is 8.39. The third-order valence-electron chi connectivity index (χ3n) is 5.26. The number of rotatable bonds is 10. The molecule has 1 saturated carbocycles. The van der Waals surface area contributed by atoms with E-state index >= 15 is 0 Å². The zero-order valence-corrected chi connectivity index (χ0v) is 17.2. The molecule has 1 saturated heterocycles. The molecule has 156 valence electrons. The number of benzene rings is 1. The van der Waals surface area contributed by atoms with Gasteiger partial charge in [-0.15, -0.1) is 0 Å². The monoisotopic (exact) mass is 390 g/mol. The van der Waals surface area contributed by atoms with Gasteiger partial charge in [-0.1, -0.05) is 12.1 Å². The second kappa shape index (κ2) is 11.2. The van der Waals surface area contributed by atoms with E-state index in [9.17, 15) is 0 Å². The van der Waals surface area contributed by atoms with Gasteiger partial charge in [-0.3, -0.25) is 9.89 Å².